The fourth-order valence-electron chi connectivity index (χ4n) is 4.27. The number of halogens is 1. The summed E-state index contributed by atoms with van der Waals surface area (Å²) in [5.41, 5.74) is 0. The molecule has 1 aromatic rings. The molecule has 30 heavy (non-hydrogen) atoms. The van der Waals surface area contributed by atoms with Crippen molar-refractivity contribution in [1.29, 1.82) is 0 Å². The highest BCUT2D eigenvalue weighted by Gasteiger charge is 2.25. The smallest absolute Gasteiger partial charge is 0.193 e. The first-order chi connectivity index (χ1) is 14.2. The number of nitrogens with one attached hydrogen (secondary N) is 1. The van der Waals surface area contributed by atoms with Gasteiger partial charge in [0.1, 0.15) is 11.9 Å². The maximum Gasteiger partial charge on any atom is 0.193 e. The number of hydrogen-bond donors (Lipinski definition) is 1. The Labute approximate surface area is 199 Å². The Morgan fingerprint density at radius 3 is 2.40 bits per heavy atom. The van der Waals surface area contributed by atoms with Crippen LogP contribution < -0.4 is 10.1 Å². The normalized spacial score (nSPS) is 20.0. The van der Waals surface area contributed by atoms with Crippen LogP contribution in [0.3, 0.4) is 0 Å². The van der Waals surface area contributed by atoms with Crippen molar-refractivity contribution < 1.29 is 9.47 Å². The molecule has 2 aliphatic heterocycles. The molecule has 6 nitrogen and oxygen atoms in total. The van der Waals surface area contributed by atoms with Crippen molar-refractivity contribution in [2.75, 3.05) is 53.0 Å². The summed E-state index contributed by atoms with van der Waals surface area (Å²) in [4.78, 5) is 9.51. The van der Waals surface area contributed by atoms with Crippen LogP contribution in [0.5, 0.6) is 5.75 Å². The van der Waals surface area contributed by atoms with Gasteiger partial charge >= 0.3 is 0 Å². The van der Waals surface area contributed by atoms with E-state index >= 15 is 0 Å². The van der Waals surface area contributed by atoms with Crippen LogP contribution in [-0.2, 0) is 4.74 Å². The van der Waals surface area contributed by atoms with Crippen LogP contribution >= 0.6 is 24.0 Å². The molecule has 1 unspecified atom stereocenters. The molecule has 7 heteroatoms. The summed E-state index contributed by atoms with van der Waals surface area (Å²) < 4.78 is 11.7. The molecule has 2 aliphatic rings. The summed E-state index contributed by atoms with van der Waals surface area (Å²) in [5, 5.41) is 3.66. The van der Waals surface area contributed by atoms with Gasteiger partial charge in [0.05, 0.1) is 13.2 Å². The third kappa shape index (κ3) is 7.89. The molecule has 0 aromatic heterocycles. The van der Waals surface area contributed by atoms with Crippen molar-refractivity contribution in [2.45, 2.75) is 45.3 Å². The summed E-state index contributed by atoms with van der Waals surface area (Å²) in [5.74, 6) is 2.67. The summed E-state index contributed by atoms with van der Waals surface area (Å²) >= 11 is 0. The lowest BCUT2D eigenvalue weighted by Gasteiger charge is -2.38. The minimum absolute atomic E-state index is 0. The largest absolute Gasteiger partial charge is 0.490 e. The van der Waals surface area contributed by atoms with Crippen LogP contribution in [0.4, 0.5) is 0 Å². The van der Waals surface area contributed by atoms with E-state index in [1.165, 1.54) is 6.42 Å². The Hall–Kier alpha value is -1.06. The second-order valence-electron chi connectivity index (χ2n) is 8.48. The Kier molecular flexibility index (Phi) is 11.2. The summed E-state index contributed by atoms with van der Waals surface area (Å²) in [7, 11) is 1.89. The van der Waals surface area contributed by atoms with Gasteiger partial charge in [-0.2, -0.15) is 0 Å². The molecule has 1 N–H and O–H groups in total. The van der Waals surface area contributed by atoms with Crippen molar-refractivity contribution in [3.63, 3.8) is 0 Å². The zero-order valence-electron chi connectivity index (χ0n) is 18.8. The molecule has 0 amide bonds. The number of guanidine groups is 1. The number of rotatable bonds is 7. The van der Waals surface area contributed by atoms with Crippen molar-refractivity contribution in [3.05, 3.63) is 30.3 Å². The van der Waals surface area contributed by atoms with Crippen LogP contribution in [0.15, 0.2) is 35.3 Å². The molecular formula is C23H39IN4O2. The van der Waals surface area contributed by atoms with E-state index in [0.29, 0.717) is 12.0 Å². The molecule has 2 saturated heterocycles. The molecule has 170 valence electrons. The highest BCUT2D eigenvalue weighted by atomic mass is 127. The fraction of sp³-hybridized carbons (Fsp3) is 0.696. The molecule has 0 aliphatic carbocycles. The SMILES string of the molecule is CN=C(NCC(CC(C)C)N1CCOCC1)N1CCC(Oc2ccccc2)CC1.I. The van der Waals surface area contributed by atoms with Gasteiger partial charge in [0, 0.05) is 58.7 Å². The number of para-hydroxylation sites is 1. The van der Waals surface area contributed by atoms with E-state index in [0.717, 1.165) is 70.5 Å². The molecule has 2 heterocycles. The van der Waals surface area contributed by atoms with Gasteiger partial charge in [-0.1, -0.05) is 32.0 Å². The first-order valence-corrected chi connectivity index (χ1v) is 11.1. The molecule has 3 rings (SSSR count). The summed E-state index contributed by atoms with van der Waals surface area (Å²) in [6.07, 6.45) is 3.52. The topological polar surface area (TPSA) is 49.3 Å². The minimum atomic E-state index is 0. The average molecular weight is 530 g/mol. The maximum atomic E-state index is 6.13. The van der Waals surface area contributed by atoms with Gasteiger partial charge in [-0.15, -0.1) is 24.0 Å². The maximum absolute atomic E-state index is 6.13. The summed E-state index contributed by atoms with van der Waals surface area (Å²) in [6.45, 7) is 11.2. The zero-order valence-corrected chi connectivity index (χ0v) is 21.1. The van der Waals surface area contributed by atoms with E-state index in [-0.39, 0.29) is 30.1 Å². The van der Waals surface area contributed by atoms with E-state index in [9.17, 15) is 0 Å². The predicted octanol–water partition coefficient (Wildman–Crippen LogP) is 3.47. The molecular weight excluding hydrogens is 491 g/mol. The zero-order chi connectivity index (χ0) is 20.5. The molecule has 2 fully saturated rings. The van der Waals surface area contributed by atoms with E-state index in [2.05, 4.69) is 34.0 Å². The van der Waals surface area contributed by atoms with Crippen LogP contribution in [0.25, 0.3) is 0 Å². The number of hydrogen-bond acceptors (Lipinski definition) is 4. The third-order valence-electron chi connectivity index (χ3n) is 5.80. The number of morpholine rings is 1. The van der Waals surface area contributed by atoms with Gasteiger partial charge in [-0.25, -0.2) is 0 Å². The predicted molar refractivity (Wildman–Crippen MR) is 134 cm³/mol. The lowest BCUT2D eigenvalue weighted by molar-refractivity contribution is 0.0131. The average Bonchev–Trinajstić information content (AvgIpc) is 2.75. The highest BCUT2D eigenvalue weighted by Crippen LogP contribution is 2.19. The first kappa shape index (κ1) is 25.2. The van der Waals surface area contributed by atoms with Crippen molar-refractivity contribution >= 4 is 29.9 Å². The van der Waals surface area contributed by atoms with Crippen LogP contribution in [0, 0.1) is 5.92 Å². The van der Waals surface area contributed by atoms with Crippen LogP contribution in [-0.4, -0.2) is 80.9 Å². The quantitative estimate of drug-likeness (QED) is 0.333. The number of aliphatic imine (C=N–C) groups is 1. The lowest BCUT2D eigenvalue weighted by Crippen LogP contribution is -2.53. The van der Waals surface area contributed by atoms with Crippen LogP contribution in [0.2, 0.25) is 0 Å². The van der Waals surface area contributed by atoms with E-state index in [1.807, 2.05) is 37.4 Å². The van der Waals surface area contributed by atoms with E-state index < -0.39 is 0 Å². The van der Waals surface area contributed by atoms with E-state index in [1.54, 1.807) is 0 Å². The molecule has 0 bridgehead atoms. The molecule has 1 aromatic carbocycles. The van der Waals surface area contributed by atoms with Crippen molar-refractivity contribution in [2.24, 2.45) is 10.9 Å². The number of nitrogens with zero attached hydrogens (tertiary/aromatic N) is 3. The Morgan fingerprint density at radius 1 is 1.13 bits per heavy atom. The third-order valence-corrected chi connectivity index (χ3v) is 5.80. The minimum Gasteiger partial charge on any atom is -0.490 e. The number of benzene rings is 1. The van der Waals surface area contributed by atoms with Crippen molar-refractivity contribution in [3.8, 4) is 5.75 Å². The van der Waals surface area contributed by atoms with Gasteiger partial charge in [0.2, 0.25) is 0 Å². The van der Waals surface area contributed by atoms with E-state index in [4.69, 9.17) is 9.47 Å². The highest BCUT2D eigenvalue weighted by molar-refractivity contribution is 14.0. The Bertz CT molecular complexity index is 615. The van der Waals surface area contributed by atoms with Gasteiger partial charge in [0.15, 0.2) is 5.96 Å². The lowest BCUT2D eigenvalue weighted by atomic mass is 10.0. The molecule has 0 spiro atoms. The molecule has 0 saturated carbocycles. The monoisotopic (exact) mass is 530 g/mol. The van der Waals surface area contributed by atoms with Gasteiger partial charge in [-0.05, 0) is 24.5 Å². The van der Waals surface area contributed by atoms with Gasteiger partial charge < -0.3 is 19.7 Å². The Balaban J connectivity index is 0.00000320. The Morgan fingerprint density at radius 2 is 1.80 bits per heavy atom. The second kappa shape index (κ2) is 13.4. The second-order valence-corrected chi connectivity index (χ2v) is 8.48. The number of piperidine rings is 1. The standard InChI is InChI=1S/C23H38N4O2.HI/c1-19(2)17-20(26-13-15-28-16-14-26)18-25-23(24-3)27-11-9-22(10-12-27)29-21-7-5-4-6-8-21;/h4-8,19-20,22H,9-18H2,1-3H3,(H,24,25);1H. The van der Waals surface area contributed by atoms with Crippen LogP contribution in [0.1, 0.15) is 33.1 Å². The van der Waals surface area contributed by atoms with Gasteiger partial charge in [-0.3, -0.25) is 9.89 Å². The number of likely N-dealkylation sites (tertiary alicyclic amines) is 1. The van der Waals surface area contributed by atoms with Gasteiger partial charge in [0.25, 0.3) is 0 Å². The molecule has 1 atom stereocenters. The summed E-state index contributed by atoms with van der Waals surface area (Å²) in [6, 6.07) is 10.7. The first-order valence-electron chi connectivity index (χ1n) is 11.1. The van der Waals surface area contributed by atoms with Crippen molar-refractivity contribution in [1.82, 2.24) is 15.1 Å². The molecule has 0 radical (unpaired) electrons. The fourth-order valence-corrected chi connectivity index (χ4v) is 4.27. The number of ether oxygens (including phenoxy) is 2.